The first-order chi connectivity index (χ1) is 9.45. The predicted molar refractivity (Wildman–Crippen MR) is 91.4 cm³/mol. The summed E-state index contributed by atoms with van der Waals surface area (Å²) in [6.45, 7) is 0. The van der Waals surface area contributed by atoms with E-state index in [9.17, 15) is 0 Å². The molecule has 0 aliphatic carbocycles. The molecule has 1 nitrogen and oxygen atoms in total. The fraction of sp³-hybridized carbons (Fsp3) is 0. The van der Waals surface area contributed by atoms with Crippen LogP contribution in [0.4, 0.5) is 17.1 Å². The maximum absolute atomic E-state index is 2.25. The van der Waals surface area contributed by atoms with Crippen LogP contribution in [0.2, 0.25) is 0 Å². The van der Waals surface area contributed by atoms with Gasteiger partial charge in [0.05, 0.1) is 0 Å². The number of halogens is 1. The van der Waals surface area contributed by atoms with Crippen LogP contribution >= 0.6 is 17.0 Å². The van der Waals surface area contributed by atoms with Gasteiger partial charge < -0.3 is 4.90 Å². The van der Waals surface area contributed by atoms with E-state index in [1.54, 1.807) is 0 Å². The van der Waals surface area contributed by atoms with E-state index in [0.29, 0.717) is 0 Å². The number of hydrogen-bond acceptors (Lipinski definition) is 1. The summed E-state index contributed by atoms with van der Waals surface area (Å²) in [4.78, 5) is 2.25. The third-order valence-electron chi connectivity index (χ3n) is 3.04. The van der Waals surface area contributed by atoms with Crippen molar-refractivity contribution in [2.75, 3.05) is 4.90 Å². The lowest BCUT2D eigenvalue weighted by Gasteiger charge is -2.25. The van der Waals surface area contributed by atoms with Crippen LogP contribution in [0.5, 0.6) is 0 Å². The van der Waals surface area contributed by atoms with Crippen LogP contribution in [0, 0.1) is 0 Å². The standard InChI is InChI=1S/C18H15N.BrH/c1-4-10-16(11-5-1)19(17-12-6-2-7-13-17)18-14-8-3-9-15-18;/h1-15H;1H. The first-order valence-corrected chi connectivity index (χ1v) is 6.40. The van der Waals surface area contributed by atoms with Crippen molar-refractivity contribution in [3.8, 4) is 0 Å². The van der Waals surface area contributed by atoms with Crippen molar-refractivity contribution < 1.29 is 0 Å². The maximum Gasteiger partial charge on any atom is 0.0461 e. The fourth-order valence-corrected chi connectivity index (χ4v) is 2.18. The molecule has 0 radical (unpaired) electrons. The number of rotatable bonds is 3. The van der Waals surface area contributed by atoms with Gasteiger partial charge in [-0.1, -0.05) is 54.6 Å². The quantitative estimate of drug-likeness (QED) is 0.594. The second-order valence-electron chi connectivity index (χ2n) is 4.34. The molecule has 0 amide bonds. The van der Waals surface area contributed by atoms with Gasteiger partial charge >= 0.3 is 0 Å². The molecule has 0 heterocycles. The predicted octanol–water partition coefficient (Wildman–Crippen LogP) is 5.73. The van der Waals surface area contributed by atoms with Crippen molar-refractivity contribution in [3.05, 3.63) is 91.0 Å². The molecule has 0 N–H and O–H groups in total. The summed E-state index contributed by atoms with van der Waals surface area (Å²) in [5, 5.41) is 0. The zero-order valence-corrected chi connectivity index (χ0v) is 12.7. The van der Waals surface area contributed by atoms with Gasteiger partial charge in [-0.05, 0) is 36.4 Å². The van der Waals surface area contributed by atoms with Gasteiger partial charge in [0.15, 0.2) is 0 Å². The molecule has 0 saturated carbocycles. The molecule has 0 aromatic heterocycles. The Morgan fingerprint density at radius 1 is 0.400 bits per heavy atom. The summed E-state index contributed by atoms with van der Waals surface area (Å²) in [7, 11) is 0. The van der Waals surface area contributed by atoms with Crippen LogP contribution in [0.3, 0.4) is 0 Å². The Morgan fingerprint density at radius 3 is 0.900 bits per heavy atom. The summed E-state index contributed by atoms with van der Waals surface area (Å²) in [5.74, 6) is 0. The largest absolute Gasteiger partial charge is 0.311 e. The van der Waals surface area contributed by atoms with Gasteiger partial charge in [-0.2, -0.15) is 0 Å². The van der Waals surface area contributed by atoms with Crippen molar-refractivity contribution >= 4 is 34.0 Å². The molecule has 0 spiro atoms. The highest BCUT2D eigenvalue weighted by atomic mass is 79.9. The summed E-state index contributed by atoms with van der Waals surface area (Å²) in [6.07, 6.45) is 0. The van der Waals surface area contributed by atoms with E-state index in [2.05, 4.69) is 77.7 Å². The summed E-state index contributed by atoms with van der Waals surface area (Å²) in [6, 6.07) is 31.3. The third kappa shape index (κ3) is 3.09. The van der Waals surface area contributed by atoms with Crippen LogP contribution < -0.4 is 4.90 Å². The van der Waals surface area contributed by atoms with Gasteiger partial charge in [0.25, 0.3) is 0 Å². The normalized spacial score (nSPS) is 9.60. The molecule has 2 heteroatoms. The minimum atomic E-state index is 0. The van der Waals surface area contributed by atoms with Gasteiger partial charge in [0.2, 0.25) is 0 Å². The van der Waals surface area contributed by atoms with E-state index in [0.717, 1.165) is 0 Å². The topological polar surface area (TPSA) is 3.24 Å². The maximum atomic E-state index is 2.25. The Hall–Kier alpha value is -2.06. The van der Waals surface area contributed by atoms with E-state index < -0.39 is 0 Å². The molecule has 3 aromatic carbocycles. The van der Waals surface area contributed by atoms with Gasteiger partial charge in [-0.15, -0.1) is 17.0 Å². The second-order valence-corrected chi connectivity index (χ2v) is 4.34. The first kappa shape index (κ1) is 14.4. The number of benzene rings is 3. The minimum Gasteiger partial charge on any atom is -0.311 e. The smallest absolute Gasteiger partial charge is 0.0461 e. The second kappa shape index (κ2) is 6.92. The average Bonchev–Trinajstić information content (AvgIpc) is 2.51. The molecule has 0 aliphatic rings. The van der Waals surface area contributed by atoms with E-state index in [4.69, 9.17) is 0 Å². The number of nitrogens with zero attached hydrogens (tertiary/aromatic N) is 1. The molecule has 0 unspecified atom stereocenters. The number of para-hydroxylation sites is 3. The highest BCUT2D eigenvalue weighted by Crippen LogP contribution is 2.33. The first-order valence-electron chi connectivity index (χ1n) is 6.40. The van der Waals surface area contributed by atoms with Crippen LogP contribution in [-0.4, -0.2) is 0 Å². The zero-order valence-electron chi connectivity index (χ0n) is 11.0. The van der Waals surface area contributed by atoms with Crippen molar-refractivity contribution in [1.82, 2.24) is 0 Å². The third-order valence-corrected chi connectivity index (χ3v) is 3.04. The summed E-state index contributed by atoms with van der Waals surface area (Å²) in [5.41, 5.74) is 3.50. The number of hydrogen-bond donors (Lipinski definition) is 0. The Labute approximate surface area is 130 Å². The average molecular weight is 326 g/mol. The molecule has 0 saturated heterocycles. The van der Waals surface area contributed by atoms with Gasteiger partial charge in [-0.3, -0.25) is 0 Å². The molecule has 100 valence electrons. The van der Waals surface area contributed by atoms with Crippen molar-refractivity contribution in [3.63, 3.8) is 0 Å². The molecule has 3 aromatic rings. The van der Waals surface area contributed by atoms with Crippen LogP contribution in [-0.2, 0) is 0 Å². The molecular weight excluding hydrogens is 310 g/mol. The Bertz CT molecular complexity index is 529. The van der Waals surface area contributed by atoms with E-state index in [1.807, 2.05) is 18.2 Å². The van der Waals surface area contributed by atoms with Crippen molar-refractivity contribution in [1.29, 1.82) is 0 Å². The van der Waals surface area contributed by atoms with Crippen LogP contribution in [0.25, 0.3) is 0 Å². The van der Waals surface area contributed by atoms with E-state index in [-0.39, 0.29) is 17.0 Å². The monoisotopic (exact) mass is 325 g/mol. The summed E-state index contributed by atoms with van der Waals surface area (Å²) < 4.78 is 0. The Kier molecular flexibility index (Phi) is 4.97. The van der Waals surface area contributed by atoms with Gasteiger partial charge in [-0.25, -0.2) is 0 Å². The van der Waals surface area contributed by atoms with Crippen molar-refractivity contribution in [2.24, 2.45) is 0 Å². The van der Waals surface area contributed by atoms with Gasteiger partial charge in [0.1, 0.15) is 0 Å². The molecule has 0 fully saturated rings. The van der Waals surface area contributed by atoms with Crippen LogP contribution in [0.1, 0.15) is 0 Å². The zero-order chi connectivity index (χ0) is 12.9. The molecule has 0 aliphatic heterocycles. The van der Waals surface area contributed by atoms with Crippen LogP contribution in [0.15, 0.2) is 91.0 Å². The Balaban J connectivity index is 0.00000147. The number of anilines is 3. The Morgan fingerprint density at radius 2 is 0.650 bits per heavy atom. The summed E-state index contributed by atoms with van der Waals surface area (Å²) >= 11 is 0. The van der Waals surface area contributed by atoms with E-state index >= 15 is 0 Å². The molecular formula is C18H16BrN. The molecule has 20 heavy (non-hydrogen) atoms. The van der Waals surface area contributed by atoms with E-state index in [1.165, 1.54) is 17.1 Å². The van der Waals surface area contributed by atoms with Gasteiger partial charge in [0, 0.05) is 17.1 Å². The molecule has 0 bridgehead atoms. The highest BCUT2D eigenvalue weighted by molar-refractivity contribution is 8.93. The molecule has 3 rings (SSSR count). The minimum absolute atomic E-state index is 0. The lowest BCUT2D eigenvalue weighted by Crippen LogP contribution is -2.09. The fourth-order valence-electron chi connectivity index (χ4n) is 2.18. The lowest BCUT2D eigenvalue weighted by molar-refractivity contribution is 1.28. The highest BCUT2D eigenvalue weighted by Gasteiger charge is 2.10. The SMILES string of the molecule is Br.c1ccc(N(c2ccccc2)c2ccccc2)cc1. The lowest BCUT2D eigenvalue weighted by atomic mass is 10.2. The molecule has 0 atom stereocenters. The van der Waals surface area contributed by atoms with Crippen molar-refractivity contribution in [2.45, 2.75) is 0 Å².